The molecule has 7 heteroatoms. The first kappa shape index (κ1) is 21.2. The smallest absolute Gasteiger partial charge is 0.279 e. The zero-order valence-electron chi connectivity index (χ0n) is 16.9. The van der Waals surface area contributed by atoms with Crippen molar-refractivity contribution >= 4 is 34.6 Å². The lowest BCUT2D eigenvalue weighted by molar-refractivity contribution is -0.895. The highest BCUT2D eigenvalue weighted by Crippen LogP contribution is 2.15. The summed E-state index contributed by atoms with van der Waals surface area (Å²) in [4.78, 5) is 15.7. The van der Waals surface area contributed by atoms with Crippen molar-refractivity contribution in [1.82, 2.24) is 4.90 Å². The zero-order chi connectivity index (χ0) is 20.8. The van der Waals surface area contributed by atoms with Gasteiger partial charge in [-0.3, -0.25) is 4.79 Å². The number of benzene rings is 2. The quantitative estimate of drug-likeness (QED) is 0.656. The van der Waals surface area contributed by atoms with E-state index in [4.69, 9.17) is 12.2 Å². The van der Waals surface area contributed by atoms with E-state index in [0.717, 1.165) is 43.9 Å². The van der Waals surface area contributed by atoms with Crippen LogP contribution in [0, 0.1) is 12.7 Å². The van der Waals surface area contributed by atoms with Gasteiger partial charge in [-0.1, -0.05) is 31.2 Å². The second-order valence-electron chi connectivity index (χ2n) is 7.37. The number of thiocarbonyl (C=S) groups is 1. The van der Waals surface area contributed by atoms with E-state index >= 15 is 0 Å². The topological polar surface area (TPSA) is 48.8 Å². The summed E-state index contributed by atoms with van der Waals surface area (Å²) in [5, 5.41) is 6.74. The molecule has 29 heavy (non-hydrogen) atoms. The lowest BCUT2D eigenvalue weighted by Gasteiger charge is -2.33. The molecule has 0 bridgehead atoms. The third-order valence-corrected chi connectivity index (χ3v) is 5.62. The number of aryl methyl sites for hydroxylation is 2. The summed E-state index contributed by atoms with van der Waals surface area (Å²) in [6, 6.07) is 12.9. The van der Waals surface area contributed by atoms with Crippen LogP contribution in [0.1, 0.15) is 18.1 Å². The molecule has 0 atom stereocenters. The van der Waals surface area contributed by atoms with Crippen LogP contribution in [0.5, 0.6) is 0 Å². The third-order valence-electron chi connectivity index (χ3n) is 5.26. The van der Waals surface area contributed by atoms with Crippen molar-refractivity contribution in [3.05, 3.63) is 59.4 Å². The highest BCUT2D eigenvalue weighted by molar-refractivity contribution is 7.80. The van der Waals surface area contributed by atoms with Crippen molar-refractivity contribution < 1.29 is 14.1 Å². The van der Waals surface area contributed by atoms with Gasteiger partial charge in [0.05, 0.1) is 26.2 Å². The second-order valence-corrected chi connectivity index (χ2v) is 7.75. The van der Waals surface area contributed by atoms with E-state index < -0.39 is 0 Å². The molecular weight excluding hydrogens is 387 g/mol. The van der Waals surface area contributed by atoms with Crippen molar-refractivity contribution in [2.75, 3.05) is 43.4 Å². The Morgan fingerprint density at radius 3 is 2.59 bits per heavy atom. The maximum absolute atomic E-state index is 13.7. The van der Waals surface area contributed by atoms with Gasteiger partial charge in [0.1, 0.15) is 5.82 Å². The second kappa shape index (κ2) is 9.80. The molecule has 0 aromatic heterocycles. The number of piperazine rings is 1. The van der Waals surface area contributed by atoms with Crippen LogP contribution in [0.2, 0.25) is 0 Å². The molecule has 3 rings (SSSR count). The van der Waals surface area contributed by atoms with Gasteiger partial charge < -0.3 is 20.4 Å². The lowest BCUT2D eigenvalue weighted by Crippen LogP contribution is -3.15. The predicted molar refractivity (Wildman–Crippen MR) is 119 cm³/mol. The Morgan fingerprint density at radius 1 is 1.17 bits per heavy atom. The van der Waals surface area contributed by atoms with Crippen LogP contribution in [0.3, 0.4) is 0 Å². The van der Waals surface area contributed by atoms with Gasteiger partial charge in [0.25, 0.3) is 5.91 Å². The van der Waals surface area contributed by atoms with Gasteiger partial charge in [0.2, 0.25) is 0 Å². The van der Waals surface area contributed by atoms with Crippen molar-refractivity contribution in [3.63, 3.8) is 0 Å². The van der Waals surface area contributed by atoms with Gasteiger partial charge in [-0.15, -0.1) is 0 Å². The maximum atomic E-state index is 13.7. The van der Waals surface area contributed by atoms with Crippen molar-refractivity contribution in [1.29, 1.82) is 0 Å². The van der Waals surface area contributed by atoms with E-state index in [1.165, 1.54) is 11.0 Å². The predicted octanol–water partition coefficient (Wildman–Crippen LogP) is 2.23. The summed E-state index contributed by atoms with van der Waals surface area (Å²) in [6.07, 6.45) is 0.886. The van der Waals surface area contributed by atoms with Crippen molar-refractivity contribution in [2.24, 2.45) is 0 Å². The Balaban J connectivity index is 1.46. The summed E-state index contributed by atoms with van der Waals surface area (Å²) in [5.74, 6) is -0.215. The van der Waals surface area contributed by atoms with E-state index in [1.54, 1.807) is 13.0 Å². The Hall–Kier alpha value is -2.51. The van der Waals surface area contributed by atoms with Gasteiger partial charge in [-0.25, -0.2) is 4.39 Å². The van der Waals surface area contributed by atoms with E-state index in [9.17, 15) is 9.18 Å². The Kier molecular flexibility index (Phi) is 7.17. The van der Waals surface area contributed by atoms with Crippen molar-refractivity contribution in [3.8, 4) is 0 Å². The molecule has 3 N–H and O–H groups in total. The monoisotopic (exact) mass is 415 g/mol. The van der Waals surface area contributed by atoms with Gasteiger partial charge in [-0.05, 0) is 54.9 Å². The minimum atomic E-state index is -0.247. The molecule has 1 aliphatic heterocycles. The number of carbonyl (C=O) groups is 1. The van der Waals surface area contributed by atoms with E-state index in [-0.39, 0.29) is 11.7 Å². The summed E-state index contributed by atoms with van der Waals surface area (Å²) < 4.78 is 13.7. The van der Waals surface area contributed by atoms with Gasteiger partial charge in [0.15, 0.2) is 11.7 Å². The molecule has 0 unspecified atom stereocenters. The number of amides is 1. The van der Waals surface area contributed by atoms with Gasteiger partial charge in [-0.2, -0.15) is 0 Å². The highest BCUT2D eigenvalue weighted by atomic mass is 32.1. The first-order valence-corrected chi connectivity index (χ1v) is 10.4. The van der Waals surface area contributed by atoms with Crippen LogP contribution in [-0.4, -0.2) is 48.6 Å². The number of rotatable bonds is 5. The van der Waals surface area contributed by atoms with Crippen LogP contribution in [0.15, 0.2) is 42.5 Å². The van der Waals surface area contributed by atoms with Crippen LogP contribution in [-0.2, 0) is 11.2 Å². The summed E-state index contributed by atoms with van der Waals surface area (Å²) >= 11 is 5.48. The van der Waals surface area contributed by atoms with Gasteiger partial charge >= 0.3 is 0 Å². The maximum Gasteiger partial charge on any atom is 0.279 e. The molecule has 154 valence electrons. The van der Waals surface area contributed by atoms with Crippen LogP contribution in [0.25, 0.3) is 0 Å². The van der Waals surface area contributed by atoms with E-state index in [0.29, 0.717) is 22.9 Å². The van der Waals surface area contributed by atoms with E-state index in [2.05, 4.69) is 22.5 Å². The standard InChI is InChI=1S/C22H27FN4OS/c1-3-17-6-4-5-7-20(17)25-21(28)15-26-10-12-27(13-11-26)22(29)24-18-9-8-16(2)19(23)14-18/h4-9,14H,3,10-13,15H2,1-2H3,(H,24,29)(H,25,28)/p+1. The van der Waals surface area contributed by atoms with Crippen LogP contribution < -0.4 is 15.5 Å². The number of halogens is 1. The average Bonchev–Trinajstić information content (AvgIpc) is 2.71. The fraction of sp³-hybridized carbons (Fsp3) is 0.364. The minimum Gasteiger partial charge on any atom is -0.338 e. The number of para-hydroxylation sites is 1. The molecule has 1 saturated heterocycles. The number of anilines is 2. The molecule has 1 heterocycles. The largest absolute Gasteiger partial charge is 0.338 e. The minimum absolute atomic E-state index is 0.0326. The Bertz CT molecular complexity index is 881. The first-order chi connectivity index (χ1) is 14.0. The van der Waals surface area contributed by atoms with E-state index in [1.807, 2.05) is 30.3 Å². The molecule has 0 spiro atoms. The third kappa shape index (κ3) is 5.74. The number of carbonyl (C=O) groups excluding carboxylic acids is 1. The zero-order valence-corrected chi connectivity index (χ0v) is 17.7. The molecular formula is C22H28FN4OS+. The number of hydrogen-bond acceptors (Lipinski definition) is 2. The summed E-state index contributed by atoms with van der Waals surface area (Å²) in [6.45, 7) is 7.42. The molecule has 0 radical (unpaired) electrons. The number of nitrogens with zero attached hydrogens (tertiary/aromatic N) is 1. The van der Waals surface area contributed by atoms with Crippen LogP contribution in [0.4, 0.5) is 15.8 Å². The molecule has 1 fully saturated rings. The average molecular weight is 416 g/mol. The van der Waals surface area contributed by atoms with Gasteiger partial charge in [0, 0.05) is 11.4 Å². The first-order valence-electron chi connectivity index (χ1n) is 9.99. The molecule has 2 aromatic rings. The number of nitrogens with one attached hydrogen (secondary N) is 3. The summed E-state index contributed by atoms with van der Waals surface area (Å²) in [5.41, 5.74) is 3.30. The molecule has 0 saturated carbocycles. The molecule has 0 aliphatic carbocycles. The van der Waals surface area contributed by atoms with Crippen LogP contribution >= 0.6 is 12.2 Å². The fourth-order valence-electron chi connectivity index (χ4n) is 3.45. The Morgan fingerprint density at radius 2 is 1.90 bits per heavy atom. The molecule has 5 nitrogen and oxygen atoms in total. The molecule has 1 aliphatic rings. The fourth-order valence-corrected chi connectivity index (χ4v) is 3.75. The lowest BCUT2D eigenvalue weighted by atomic mass is 10.1. The normalized spacial score (nSPS) is 14.5. The van der Waals surface area contributed by atoms with Crippen molar-refractivity contribution in [2.45, 2.75) is 20.3 Å². The Labute approximate surface area is 176 Å². The SMILES string of the molecule is CCc1ccccc1NC(=O)C[NH+]1CCN(C(=S)Nc2ccc(C)c(F)c2)CC1. The molecule has 1 amide bonds. The highest BCUT2D eigenvalue weighted by Gasteiger charge is 2.24. The number of hydrogen-bond donors (Lipinski definition) is 3. The molecule has 2 aromatic carbocycles. The summed E-state index contributed by atoms with van der Waals surface area (Å²) in [7, 11) is 0. The number of quaternary nitrogens is 1.